The molecule has 1 aromatic carbocycles. The SMILES string of the molecule is CCC(O)c1ccc(-c2cc(C(N)=O)c(Nc3ccnc(CN4CCS(O)(O)CC4)n3)s2)c(F)c1. The van der Waals surface area contributed by atoms with E-state index in [1.807, 2.05) is 6.92 Å². The first-order valence-electron chi connectivity index (χ1n) is 11.1. The summed E-state index contributed by atoms with van der Waals surface area (Å²) in [5.41, 5.74) is 6.58. The summed E-state index contributed by atoms with van der Waals surface area (Å²) in [5, 5.41) is 13.5. The fraction of sp³-hybridized carbons (Fsp3) is 0.348. The van der Waals surface area contributed by atoms with E-state index >= 15 is 0 Å². The van der Waals surface area contributed by atoms with Gasteiger partial charge in [-0.05, 0) is 30.2 Å². The molecule has 0 saturated carbocycles. The van der Waals surface area contributed by atoms with Crippen molar-refractivity contribution in [2.24, 2.45) is 5.73 Å². The normalized spacial score (nSPS) is 17.6. The lowest BCUT2D eigenvalue weighted by atomic mass is 10.0. The molecule has 1 aliphatic heterocycles. The Morgan fingerprint density at radius 2 is 2.03 bits per heavy atom. The summed E-state index contributed by atoms with van der Waals surface area (Å²) in [4.78, 5) is 23.5. The Balaban J connectivity index is 1.54. The molecule has 2 aromatic heterocycles. The Bertz CT molecular complexity index is 1210. The molecule has 0 bridgehead atoms. The number of aromatic nitrogens is 2. The van der Waals surface area contributed by atoms with Crippen molar-refractivity contribution >= 4 is 38.7 Å². The van der Waals surface area contributed by atoms with Gasteiger partial charge in [0.1, 0.15) is 22.5 Å². The average molecular weight is 522 g/mol. The zero-order chi connectivity index (χ0) is 25.2. The lowest BCUT2D eigenvalue weighted by Crippen LogP contribution is -2.38. The minimum atomic E-state index is -2.48. The number of rotatable bonds is 8. The van der Waals surface area contributed by atoms with Crippen LogP contribution in [0.15, 0.2) is 36.5 Å². The molecule has 4 rings (SSSR count). The standard InChI is InChI=1S/C23H28FN5O4S2/c1-2-18(30)14-3-4-15(17(24)11-14)19-12-16(22(25)31)23(34-19)28-20-5-6-26-21(27-20)13-29-7-9-35(32,33)10-8-29/h3-6,11-12,18,30,32-33H,2,7-10,13H2,1H3,(H2,25,31)(H,26,27,28). The highest BCUT2D eigenvalue weighted by Crippen LogP contribution is 2.41. The van der Waals surface area contributed by atoms with Gasteiger partial charge < -0.3 is 16.2 Å². The number of primary amides is 1. The molecule has 0 spiro atoms. The molecule has 1 fully saturated rings. The van der Waals surface area contributed by atoms with E-state index in [4.69, 9.17) is 5.73 Å². The van der Waals surface area contributed by atoms with Crippen LogP contribution in [-0.4, -0.2) is 59.6 Å². The topological polar surface area (TPSA) is 145 Å². The van der Waals surface area contributed by atoms with Crippen LogP contribution in [0.1, 0.15) is 41.2 Å². The second-order valence-corrected chi connectivity index (χ2v) is 11.8. The summed E-state index contributed by atoms with van der Waals surface area (Å²) >= 11 is 1.17. The van der Waals surface area contributed by atoms with E-state index in [9.17, 15) is 23.4 Å². The van der Waals surface area contributed by atoms with Crippen molar-refractivity contribution < 1.29 is 23.4 Å². The van der Waals surface area contributed by atoms with Gasteiger partial charge in [0.15, 0.2) is 0 Å². The van der Waals surface area contributed by atoms with Gasteiger partial charge >= 0.3 is 0 Å². The largest absolute Gasteiger partial charge is 0.388 e. The number of benzene rings is 1. The number of nitrogens with two attached hydrogens (primary N) is 1. The number of anilines is 2. The van der Waals surface area contributed by atoms with Crippen LogP contribution in [0.4, 0.5) is 15.2 Å². The molecule has 1 aliphatic rings. The van der Waals surface area contributed by atoms with Crippen LogP contribution in [0, 0.1) is 5.82 Å². The molecule has 1 saturated heterocycles. The van der Waals surface area contributed by atoms with Crippen LogP contribution >= 0.6 is 21.9 Å². The molecule has 0 radical (unpaired) electrons. The maximum atomic E-state index is 14.8. The number of halogens is 1. The number of carbonyl (C=O) groups excluding carboxylic acids is 1. The van der Waals surface area contributed by atoms with Gasteiger partial charge in [0.05, 0.1) is 29.7 Å². The van der Waals surface area contributed by atoms with Crippen molar-refractivity contribution in [1.29, 1.82) is 0 Å². The van der Waals surface area contributed by atoms with Gasteiger partial charge in [-0.15, -0.1) is 11.3 Å². The number of amides is 1. The zero-order valence-electron chi connectivity index (χ0n) is 19.1. The van der Waals surface area contributed by atoms with Gasteiger partial charge in [-0.2, -0.15) is 10.6 Å². The minimum Gasteiger partial charge on any atom is -0.388 e. The summed E-state index contributed by atoms with van der Waals surface area (Å²) in [6.45, 7) is 3.35. The van der Waals surface area contributed by atoms with Gasteiger partial charge in [0.25, 0.3) is 5.91 Å². The molecule has 12 heteroatoms. The van der Waals surface area contributed by atoms with E-state index in [1.165, 1.54) is 23.5 Å². The number of carbonyl (C=O) groups is 1. The summed E-state index contributed by atoms with van der Waals surface area (Å²) in [7, 11) is -2.48. The Hall–Kier alpha value is -2.61. The van der Waals surface area contributed by atoms with Gasteiger partial charge in [0.2, 0.25) is 0 Å². The highest BCUT2D eigenvalue weighted by Gasteiger charge is 2.23. The number of aliphatic hydroxyl groups excluding tert-OH is 1. The monoisotopic (exact) mass is 521 g/mol. The molecule has 1 atom stereocenters. The first-order valence-corrected chi connectivity index (χ1v) is 13.8. The molecular formula is C23H28FN5O4S2. The number of nitrogens with one attached hydrogen (secondary N) is 1. The summed E-state index contributed by atoms with van der Waals surface area (Å²) in [5.74, 6) is 0.506. The van der Waals surface area contributed by atoms with Crippen molar-refractivity contribution in [2.45, 2.75) is 26.0 Å². The van der Waals surface area contributed by atoms with Gasteiger partial charge in [-0.1, -0.05) is 19.1 Å². The number of nitrogens with zero attached hydrogens (tertiary/aromatic N) is 3. The Morgan fingerprint density at radius 3 is 2.69 bits per heavy atom. The molecule has 1 amide bonds. The Kier molecular flexibility index (Phi) is 7.69. The van der Waals surface area contributed by atoms with Crippen molar-refractivity contribution in [1.82, 2.24) is 14.9 Å². The van der Waals surface area contributed by atoms with Crippen LogP contribution in [0.2, 0.25) is 0 Å². The van der Waals surface area contributed by atoms with E-state index in [2.05, 4.69) is 20.2 Å². The highest BCUT2D eigenvalue weighted by atomic mass is 32.3. The molecule has 0 aliphatic carbocycles. The third-order valence-corrected chi connectivity index (χ3v) is 8.57. The first-order chi connectivity index (χ1) is 16.6. The van der Waals surface area contributed by atoms with Gasteiger partial charge in [0, 0.05) is 29.7 Å². The van der Waals surface area contributed by atoms with Crippen molar-refractivity contribution in [3.8, 4) is 10.4 Å². The van der Waals surface area contributed by atoms with Gasteiger partial charge in [-0.3, -0.25) is 18.8 Å². The predicted octanol–water partition coefficient (Wildman–Crippen LogP) is 4.20. The second-order valence-electron chi connectivity index (χ2n) is 8.35. The molecular weight excluding hydrogens is 493 g/mol. The third-order valence-electron chi connectivity index (χ3n) is 5.81. The number of thiophene rings is 1. The molecule has 3 aromatic rings. The molecule has 3 heterocycles. The fourth-order valence-corrected chi connectivity index (χ4v) is 6.16. The second kappa shape index (κ2) is 10.6. The molecule has 188 valence electrons. The van der Waals surface area contributed by atoms with E-state index in [1.54, 1.807) is 24.4 Å². The summed E-state index contributed by atoms with van der Waals surface area (Å²) in [6.07, 6.45) is 1.33. The van der Waals surface area contributed by atoms with E-state index in [0.29, 0.717) is 70.2 Å². The van der Waals surface area contributed by atoms with E-state index in [0.717, 1.165) is 0 Å². The lowest BCUT2D eigenvalue weighted by molar-refractivity contribution is 0.100. The number of aliphatic hydroxyl groups is 1. The maximum absolute atomic E-state index is 14.8. The highest BCUT2D eigenvalue weighted by molar-refractivity contribution is 8.24. The van der Waals surface area contributed by atoms with Crippen molar-refractivity contribution in [3.05, 3.63) is 59.3 Å². The smallest absolute Gasteiger partial charge is 0.251 e. The molecule has 6 N–H and O–H groups in total. The summed E-state index contributed by atoms with van der Waals surface area (Å²) in [6, 6.07) is 7.75. The first kappa shape index (κ1) is 25.5. The maximum Gasteiger partial charge on any atom is 0.251 e. The van der Waals surface area contributed by atoms with Crippen molar-refractivity contribution in [2.75, 3.05) is 29.9 Å². The molecule has 9 nitrogen and oxygen atoms in total. The molecule has 1 unspecified atom stereocenters. The van der Waals surface area contributed by atoms with E-state index in [-0.39, 0.29) is 5.56 Å². The zero-order valence-corrected chi connectivity index (χ0v) is 20.8. The summed E-state index contributed by atoms with van der Waals surface area (Å²) < 4.78 is 34.4. The lowest BCUT2D eigenvalue weighted by Gasteiger charge is -2.40. The third kappa shape index (κ3) is 6.15. The Labute approximate surface area is 208 Å². The average Bonchev–Trinajstić information content (AvgIpc) is 3.24. The molecule has 35 heavy (non-hydrogen) atoms. The van der Waals surface area contributed by atoms with E-state index < -0.39 is 28.4 Å². The Morgan fingerprint density at radius 1 is 1.29 bits per heavy atom. The van der Waals surface area contributed by atoms with Gasteiger partial charge in [-0.25, -0.2) is 14.4 Å². The van der Waals surface area contributed by atoms with Crippen molar-refractivity contribution in [3.63, 3.8) is 0 Å². The van der Waals surface area contributed by atoms with Crippen LogP contribution in [0.25, 0.3) is 10.4 Å². The number of hydrogen-bond acceptors (Lipinski definition) is 9. The predicted molar refractivity (Wildman–Crippen MR) is 137 cm³/mol. The van der Waals surface area contributed by atoms with Crippen LogP contribution < -0.4 is 11.1 Å². The van der Waals surface area contributed by atoms with Crippen LogP contribution in [0.5, 0.6) is 0 Å². The quantitative estimate of drug-likeness (QED) is 0.297. The minimum absolute atomic E-state index is 0.212. The fourth-order valence-electron chi connectivity index (χ4n) is 3.76. The van der Waals surface area contributed by atoms with Crippen LogP contribution in [-0.2, 0) is 6.54 Å². The number of hydrogen-bond donors (Lipinski definition) is 5. The van der Waals surface area contributed by atoms with Crippen LogP contribution in [0.3, 0.4) is 0 Å².